The van der Waals surface area contributed by atoms with Gasteiger partial charge in [0.25, 0.3) is 0 Å². The first-order chi connectivity index (χ1) is 6.32. The van der Waals surface area contributed by atoms with Gasteiger partial charge in [-0.1, -0.05) is 13.8 Å². The van der Waals surface area contributed by atoms with Crippen LogP contribution in [0.25, 0.3) is 0 Å². The van der Waals surface area contributed by atoms with Crippen molar-refractivity contribution >= 4 is 16.7 Å². The van der Waals surface area contributed by atoms with Crippen molar-refractivity contribution in [2.45, 2.75) is 59.1 Å². The number of hydrogen-bond donors (Lipinski definition) is 0. The fraction of sp³-hybridized carbons (Fsp3) is 0.909. The van der Waals surface area contributed by atoms with Crippen molar-refractivity contribution < 1.29 is 4.21 Å². The molecule has 2 nitrogen and oxygen atoms in total. The summed E-state index contributed by atoms with van der Waals surface area (Å²) in [5.41, 5.74) is 1.03. The van der Waals surface area contributed by atoms with Crippen LogP contribution >= 0.6 is 0 Å². The highest BCUT2D eigenvalue weighted by Gasteiger charge is 2.20. The minimum Gasteiger partial charge on any atom is -0.234 e. The van der Waals surface area contributed by atoms with Crippen molar-refractivity contribution in [3.63, 3.8) is 0 Å². The van der Waals surface area contributed by atoms with Gasteiger partial charge < -0.3 is 0 Å². The highest BCUT2D eigenvalue weighted by Crippen LogP contribution is 2.16. The van der Waals surface area contributed by atoms with Crippen molar-refractivity contribution in [1.29, 1.82) is 0 Å². The topological polar surface area (TPSA) is 29.4 Å². The third kappa shape index (κ3) is 4.36. The van der Waals surface area contributed by atoms with E-state index in [-0.39, 0.29) is 4.75 Å². The molecule has 3 heteroatoms. The van der Waals surface area contributed by atoms with Crippen molar-refractivity contribution in [1.82, 2.24) is 0 Å². The van der Waals surface area contributed by atoms with Gasteiger partial charge >= 0.3 is 0 Å². The lowest BCUT2D eigenvalue weighted by Crippen LogP contribution is -2.22. The van der Waals surface area contributed by atoms with E-state index in [9.17, 15) is 4.21 Å². The molecule has 0 radical (unpaired) electrons. The average Bonchev–Trinajstić information content (AvgIpc) is 2.04. The zero-order chi connectivity index (χ0) is 11.4. The highest BCUT2D eigenvalue weighted by molar-refractivity contribution is 7.85. The molecule has 0 spiro atoms. The summed E-state index contributed by atoms with van der Waals surface area (Å²) in [6, 6.07) is 0. The van der Waals surface area contributed by atoms with Gasteiger partial charge in [0.05, 0.1) is 4.75 Å². The van der Waals surface area contributed by atoms with E-state index < -0.39 is 11.0 Å². The maximum atomic E-state index is 11.7. The normalized spacial score (nSPS) is 16.1. The molecule has 0 bridgehead atoms. The van der Waals surface area contributed by atoms with Crippen molar-refractivity contribution in [3.05, 3.63) is 0 Å². The van der Waals surface area contributed by atoms with Crippen LogP contribution in [0, 0.1) is 5.92 Å². The van der Waals surface area contributed by atoms with Crippen molar-refractivity contribution in [3.8, 4) is 0 Å². The quantitative estimate of drug-likeness (QED) is 0.664. The van der Waals surface area contributed by atoms with E-state index in [0.29, 0.717) is 5.92 Å². The van der Waals surface area contributed by atoms with E-state index in [1.165, 1.54) is 0 Å². The summed E-state index contributed by atoms with van der Waals surface area (Å²) in [6.07, 6.45) is 2.15. The molecule has 0 N–H and O–H groups in total. The highest BCUT2D eigenvalue weighted by atomic mass is 32.2. The Hall–Kier alpha value is -0.180. The Bertz CT molecular complexity index is 224. The van der Waals surface area contributed by atoms with Crippen LogP contribution in [-0.2, 0) is 11.0 Å². The summed E-state index contributed by atoms with van der Waals surface area (Å²) in [4.78, 5) is 0. The molecule has 0 aliphatic heterocycles. The SMILES string of the molecule is CCC(CC)/C(C)=N/[S@](=O)C(C)(C)C. The molecule has 0 aliphatic rings. The first-order valence-corrected chi connectivity index (χ1v) is 6.40. The third-order valence-corrected chi connectivity index (χ3v) is 3.83. The van der Waals surface area contributed by atoms with E-state index in [1.807, 2.05) is 27.7 Å². The van der Waals surface area contributed by atoms with Crippen molar-refractivity contribution in [2.24, 2.45) is 10.3 Å². The lowest BCUT2D eigenvalue weighted by molar-refractivity contribution is 0.634. The van der Waals surface area contributed by atoms with Crippen LogP contribution in [0.1, 0.15) is 54.4 Å². The smallest absolute Gasteiger partial charge is 0.144 e. The van der Waals surface area contributed by atoms with Gasteiger partial charge in [0.1, 0.15) is 11.0 Å². The Balaban J connectivity index is 4.59. The monoisotopic (exact) mass is 217 g/mol. The van der Waals surface area contributed by atoms with E-state index in [4.69, 9.17) is 0 Å². The Morgan fingerprint density at radius 2 is 1.71 bits per heavy atom. The van der Waals surface area contributed by atoms with Crippen LogP contribution in [0.3, 0.4) is 0 Å². The lowest BCUT2D eigenvalue weighted by atomic mass is 9.99. The van der Waals surface area contributed by atoms with Crippen LogP contribution in [0.5, 0.6) is 0 Å². The zero-order valence-corrected chi connectivity index (χ0v) is 11.1. The Morgan fingerprint density at radius 3 is 2.00 bits per heavy atom. The van der Waals surface area contributed by atoms with Gasteiger partial charge in [-0.25, -0.2) is 4.21 Å². The molecular formula is C11H23NOS. The summed E-state index contributed by atoms with van der Waals surface area (Å²) in [5.74, 6) is 0.487. The molecule has 14 heavy (non-hydrogen) atoms. The molecule has 0 aromatic rings. The number of hydrogen-bond acceptors (Lipinski definition) is 1. The fourth-order valence-corrected chi connectivity index (χ4v) is 1.91. The maximum absolute atomic E-state index is 11.7. The molecule has 0 amide bonds. The second-order valence-corrected chi connectivity index (χ2v) is 6.51. The molecule has 0 saturated carbocycles. The molecule has 0 aliphatic carbocycles. The first-order valence-electron chi connectivity index (χ1n) is 5.30. The fourth-order valence-electron chi connectivity index (χ4n) is 1.22. The van der Waals surface area contributed by atoms with Crippen LogP contribution < -0.4 is 0 Å². The van der Waals surface area contributed by atoms with Crippen LogP contribution in [-0.4, -0.2) is 14.7 Å². The molecule has 0 rings (SSSR count). The van der Waals surface area contributed by atoms with Crippen LogP contribution in [0.4, 0.5) is 0 Å². The van der Waals surface area contributed by atoms with E-state index in [1.54, 1.807) is 0 Å². The third-order valence-electron chi connectivity index (χ3n) is 2.33. The predicted molar refractivity (Wildman–Crippen MR) is 65.1 cm³/mol. The van der Waals surface area contributed by atoms with Gasteiger partial charge in [-0.2, -0.15) is 4.40 Å². The summed E-state index contributed by atoms with van der Waals surface area (Å²) in [7, 11) is -1.10. The van der Waals surface area contributed by atoms with Crippen LogP contribution in [0.15, 0.2) is 4.40 Å². The predicted octanol–water partition coefficient (Wildman–Crippen LogP) is 3.35. The van der Waals surface area contributed by atoms with E-state index in [2.05, 4.69) is 18.2 Å². The minimum absolute atomic E-state index is 0.243. The van der Waals surface area contributed by atoms with Gasteiger partial charge in [0.2, 0.25) is 0 Å². The van der Waals surface area contributed by atoms with Crippen LogP contribution in [0.2, 0.25) is 0 Å². The Labute approximate surface area is 90.8 Å². The van der Waals surface area contributed by atoms with Gasteiger partial charge in [-0.05, 0) is 46.5 Å². The second kappa shape index (κ2) is 5.64. The lowest BCUT2D eigenvalue weighted by Gasteiger charge is -2.16. The van der Waals surface area contributed by atoms with Gasteiger partial charge in [0.15, 0.2) is 0 Å². The summed E-state index contributed by atoms with van der Waals surface area (Å²) >= 11 is 0. The maximum Gasteiger partial charge on any atom is 0.144 e. The second-order valence-electron chi connectivity index (χ2n) is 4.61. The van der Waals surface area contributed by atoms with E-state index >= 15 is 0 Å². The Kier molecular flexibility index (Phi) is 5.57. The van der Waals surface area contributed by atoms with E-state index in [0.717, 1.165) is 18.6 Å². The zero-order valence-electron chi connectivity index (χ0n) is 10.3. The molecular weight excluding hydrogens is 194 g/mol. The summed E-state index contributed by atoms with van der Waals surface area (Å²) < 4.78 is 15.8. The first kappa shape index (κ1) is 13.8. The minimum atomic E-state index is -1.10. The standard InChI is InChI=1S/C11H23NOS/c1-7-10(8-2)9(3)12-14(13)11(4,5)6/h10H,7-8H2,1-6H3/b12-9+/t14-/m1/s1. The van der Waals surface area contributed by atoms with Crippen molar-refractivity contribution in [2.75, 3.05) is 0 Å². The van der Waals surface area contributed by atoms with Gasteiger partial charge in [0, 0.05) is 5.71 Å². The molecule has 1 atom stereocenters. The summed E-state index contributed by atoms with van der Waals surface area (Å²) in [6.45, 7) is 12.1. The molecule has 0 heterocycles. The summed E-state index contributed by atoms with van der Waals surface area (Å²) in [5, 5.41) is 0. The number of nitrogens with zero attached hydrogens (tertiary/aromatic N) is 1. The largest absolute Gasteiger partial charge is 0.234 e. The molecule has 0 fully saturated rings. The molecule has 0 unspecified atom stereocenters. The molecule has 0 aromatic carbocycles. The average molecular weight is 217 g/mol. The van der Waals surface area contributed by atoms with Gasteiger partial charge in [-0.15, -0.1) is 0 Å². The molecule has 0 aromatic heterocycles. The molecule has 84 valence electrons. The van der Waals surface area contributed by atoms with Gasteiger partial charge in [-0.3, -0.25) is 0 Å². The Morgan fingerprint density at radius 1 is 1.29 bits per heavy atom. The number of rotatable bonds is 4. The molecule has 0 saturated heterocycles.